The highest BCUT2D eigenvalue weighted by Gasteiger charge is 2.20. The second-order valence-electron chi connectivity index (χ2n) is 5.38. The highest BCUT2D eigenvalue weighted by molar-refractivity contribution is 5.78. The molecule has 4 nitrogen and oxygen atoms in total. The van der Waals surface area contributed by atoms with Gasteiger partial charge in [-0.05, 0) is 26.3 Å². The second-order valence-corrected chi connectivity index (χ2v) is 5.38. The first-order valence-corrected chi connectivity index (χ1v) is 7.12. The summed E-state index contributed by atoms with van der Waals surface area (Å²) in [5, 5.41) is 9.06. The van der Waals surface area contributed by atoms with Crippen molar-refractivity contribution in [2.45, 2.75) is 32.9 Å². The zero-order valence-electron chi connectivity index (χ0n) is 12.9. The molecule has 0 aliphatic rings. The van der Waals surface area contributed by atoms with E-state index >= 15 is 0 Å². The van der Waals surface area contributed by atoms with Gasteiger partial charge in [-0.25, -0.2) is 0 Å². The molecule has 0 aliphatic heterocycles. The minimum absolute atomic E-state index is 0.0480. The molecule has 1 amide bonds. The molecule has 1 N–H and O–H groups in total. The van der Waals surface area contributed by atoms with Crippen molar-refractivity contribution in [1.29, 1.82) is 0 Å². The number of likely N-dealkylation sites (N-methyl/N-ethyl adjacent to an activating group) is 1. The number of hydrogen-bond acceptors (Lipinski definition) is 3. The number of aliphatic hydroxyl groups excluding tert-OH is 1. The number of carbonyl (C=O) groups is 1. The third-order valence-electron chi connectivity index (χ3n) is 3.71. The highest BCUT2D eigenvalue weighted by Crippen LogP contribution is 2.18. The number of nitrogens with zero attached hydrogens (tertiary/aromatic N) is 2. The Bertz CT molecular complexity index is 406. The summed E-state index contributed by atoms with van der Waals surface area (Å²) in [4.78, 5) is 16.1. The number of aliphatic hydroxyl groups is 1. The summed E-state index contributed by atoms with van der Waals surface area (Å²) in [6.45, 7) is 7.03. The van der Waals surface area contributed by atoms with Crippen LogP contribution in [-0.4, -0.2) is 53.6 Å². The molecule has 0 heterocycles. The quantitative estimate of drug-likeness (QED) is 0.828. The summed E-state index contributed by atoms with van der Waals surface area (Å²) in [6.07, 6.45) is 0. The van der Waals surface area contributed by atoms with Gasteiger partial charge in [-0.2, -0.15) is 0 Å². The molecule has 0 aliphatic carbocycles. The minimum atomic E-state index is 0.0480. The van der Waals surface area contributed by atoms with Gasteiger partial charge in [-0.15, -0.1) is 0 Å². The molecule has 0 bridgehead atoms. The monoisotopic (exact) mass is 278 g/mol. The van der Waals surface area contributed by atoms with E-state index < -0.39 is 0 Å². The van der Waals surface area contributed by atoms with E-state index in [1.165, 1.54) is 0 Å². The first kappa shape index (κ1) is 16.7. The molecule has 20 heavy (non-hydrogen) atoms. The van der Waals surface area contributed by atoms with Gasteiger partial charge in [-0.3, -0.25) is 9.69 Å². The lowest BCUT2D eigenvalue weighted by Crippen LogP contribution is -2.43. The van der Waals surface area contributed by atoms with Gasteiger partial charge in [0.05, 0.1) is 19.2 Å². The summed E-state index contributed by atoms with van der Waals surface area (Å²) < 4.78 is 0. The van der Waals surface area contributed by atoms with Crippen LogP contribution >= 0.6 is 0 Å². The Hall–Kier alpha value is -1.39. The summed E-state index contributed by atoms with van der Waals surface area (Å²) in [5.41, 5.74) is 1.13. The van der Waals surface area contributed by atoms with Crippen LogP contribution in [-0.2, 0) is 4.79 Å². The van der Waals surface area contributed by atoms with Crippen molar-refractivity contribution < 1.29 is 9.90 Å². The predicted octanol–water partition coefficient (Wildman–Crippen LogP) is 1.91. The van der Waals surface area contributed by atoms with Gasteiger partial charge < -0.3 is 10.0 Å². The minimum Gasteiger partial charge on any atom is -0.395 e. The Morgan fingerprint density at radius 1 is 1.20 bits per heavy atom. The van der Waals surface area contributed by atoms with E-state index in [0.29, 0.717) is 13.1 Å². The zero-order valence-corrected chi connectivity index (χ0v) is 12.9. The topological polar surface area (TPSA) is 43.8 Å². The van der Waals surface area contributed by atoms with Crippen LogP contribution in [0.3, 0.4) is 0 Å². The lowest BCUT2D eigenvalue weighted by atomic mass is 10.1. The van der Waals surface area contributed by atoms with Crippen LogP contribution in [0, 0.1) is 0 Å². The molecule has 1 atom stereocenters. The molecule has 0 saturated carbocycles. The lowest BCUT2D eigenvalue weighted by molar-refractivity contribution is -0.133. The van der Waals surface area contributed by atoms with Crippen molar-refractivity contribution in [2.75, 3.05) is 26.7 Å². The van der Waals surface area contributed by atoms with E-state index in [-0.39, 0.29) is 24.6 Å². The molecule has 1 rings (SSSR count). The Morgan fingerprint density at radius 3 is 2.30 bits per heavy atom. The normalized spacial score (nSPS) is 12.8. The van der Waals surface area contributed by atoms with E-state index in [0.717, 1.165) is 5.56 Å². The van der Waals surface area contributed by atoms with Gasteiger partial charge in [0.2, 0.25) is 5.91 Å². The highest BCUT2D eigenvalue weighted by atomic mass is 16.3. The van der Waals surface area contributed by atoms with Gasteiger partial charge in [0.15, 0.2) is 0 Å². The van der Waals surface area contributed by atoms with E-state index in [4.69, 9.17) is 5.11 Å². The first-order valence-electron chi connectivity index (χ1n) is 7.12. The molecule has 0 saturated heterocycles. The molecule has 0 radical (unpaired) electrons. The number of carbonyl (C=O) groups excluding carboxylic acids is 1. The van der Waals surface area contributed by atoms with Crippen LogP contribution in [0.2, 0.25) is 0 Å². The maximum Gasteiger partial charge on any atom is 0.237 e. The summed E-state index contributed by atoms with van der Waals surface area (Å²) >= 11 is 0. The van der Waals surface area contributed by atoms with Gasteiger partial charge in [0.1, 0.15) is 0 Å². The molecule has 1 aromatic carbocycles. The van der Waals surface area contributed by atoms with E-state index in [9.17, 15) is 4.79 Å². The molecular formula is C16H26N2O2. The third-order valence-corrected chi connectivity index (χ3v) is 3.71. The fourth-order valence-corrected chi connectivity index (χ4v) is 2.10. The molecule has 112 valence electrons. The van der Waals surface area contributed by atoms with Crippen LogP contribution in [0.15, 0.2) is 30.3 Å². The second kappa shape index (κ2) is 8.02. The number of hydrogen-bond donors (Lipinski definition) is 1. The zero-order chi connectivity index (χ0) is 15.1. The van der Waals surface area contributed by atoms with Crippen LogP contribution in [0.4, 0.5) is 0 Å². The lowest BCUT2D eigenvalue weighted by Gasteiger charge is -2.30. The van der Waals surface area contributed by atoms with Crippen LogP contribution < -0.4 is 0 Å². The maximum absolute atomic E-state index is 12.4. The van der Waals surface area contributed by atoms with Gasteiger partial charge in [0, 0.05) is 19.6 Å². The average Bonchev–Trinajstić information content (AvgIpc) is 2.45. The standard InChI is InChI=1S/C16H26N2O2/c1-13(2)18(10-11-19)12-16(20)17(4)14(3)15-8-6-5-7-9-15/h5-9,13-14,19H,10-12H2,1-4H3. The van der Waals surface area contributed by atoms with Gasteiger partial charge >= 0.3 is 0 Å². The van der Waals surface area contributed by atoms with E-state index in [1.54, 1.807) is 4.90 Å². The van der Waals surface area contributed by atoms with Crippen molar-refractivity contribution in [2.24, 2.45) is 0 Å². The number of rotatable bonds is 7. The molecule has 0 aromatic heterocycles. The van der Waals surface area contributed by atoms with E-state index in [2.05, 4.69) is 0 Å². The fraction of sp³-hybridized carbons (Fsp3) is 0.562. The third kappa shape index (κ3) is 4.62. The SMILES string of the molecule is CC(C)N(CCO)CC(=O)N(C)C(C)c1ccccc1. The van der Waals surface area contributed by atoms with Crippen molar-refractivity contribution in [3.05, 3.63) is 35.9 Å². The molecule has 4 heteroatoms. The predicted molar refractivity (Wildman–Crippen MR) is 81.4 cm³/mol. The van der Waals surface area contributed by atoms with Crippen LogP contribution in [0.5, 0.6) is 0 Å². The first-order chi connectivity index (χ1) is 9.47. The Balaban J connectivity index is 2.66. The van der Waals surface area contributed by atoms with E-state index in [1.807, 2.05) is 63.1 Å². The Kier molecular flexibility index (Phi) is 6.68. The molecule has 1 unspecified atom stereocenters. The summed E-state index contributed by atoms with van der Waals surface area (Å²) in [6, 6.07) is 10.3. The van der Waals surface area contributed by atoms with Crippen molar-refractivity contribution in [1.82, 2.24) is 9.80 Å². The smallest absolute Gasteiger partial charge is 0.237 e. The summed E-state index contributed by atoms with van der Waals surface area (Å²) in [7, 11) is 1.83. The van der Waals surface area contributed by atoms with Crippen molar-refractivity contribution >= 4 is 5.91 Å². The Labute approximate surface area is 122 Å². The van der Waals surface area contributed by atoms with Crippen LogP contribution in [0.25, 0.3) is 0 Å². The Morgan fingerprint density at radius 2 is 1.80 bits per heavy atom. The van der Waals surface area contributed by atoms with Gasteiger partial charge in [-0.1, -0.05) is 30.3 Å². The van der Waals surface area contributed by atoms with Crippen molar-refractivity contribution in [3.8, 4) is 0 Å². The summed E-state index contributed by atoms with van der Waals surface area (Å²) in [5.74, 6) is 0.0727. The molecule has 1 aromatic rings. The number of benzene rings is 1. The maximum atomic E-state index is 12.4. The molecule has 0 fully saturated rings. The molecular weight excluding hydrogens is 252 g/mol. The van der Waals surface area contributed by atoms with Gasteiger partial charge in [0.25, 0.3) is 0 Å². The van der Waals surface area contributed by atoms with Crippen molar-refractivity contribution in [3.63, 3.8) is 0 Å². The number of amides is 1. The molecule has 0 spiro atoms. The average molecular weight is 278 g/mol. The fourth-order valence-electron chi connectivity index (χ4n) is 2.10. The van der Waals surface area contributed by atoms with Crippen LogP contribution in [0.1, 0.15) is 32.4 Å². The largest absolute Gasteiger partial charge is 0.395 e.